The molecule has 0 spiro atoms. The topological polar surface area (TPSA) is 172 Å². The molecular formula is C20H27NO10. The van der Waals surface area contributed by atoms with E-state index in [9.17, 15) is 29.7 Å². The number of carboxylic acids is 1. The standard InChI is InChI=1S/C20H27NO10/c1-9(22)21-11-7-10(8-29-19(28)20(2,3)4)5-6-12(11)30-18-15(25)13(23)14(24)16(31-18)17(26)27/h5-7,13-16,18,23-25H,8H2,1-4H3,(H,21,22)(H,26,27)/t13-,14-,15+,16-,18+/m0/s1. The predicted molar refractivity (Wildman–Crippen MR) is 105 cm³/mol. The molecule has 1 amide bonds. The predicted octanol–water partition coefficient (Wildman–Crippen LogP) is 0.00530. The number of hydrogen-bond acceptors (Lipinski definition) is 9. The van der Waals surface area contributed by atoms with Crippen LogP contribution in [-0.2, 0) is 30.5 Å². The first-order chi connectivity index (χ1) is 14.3. The highest BCUT2D eigenvalue weighted by atomic mass is 16.7. The fraction of sp³-hybridized carbons (Fsp3) is 0.550. The third kappa shape index (κ3) is 6.14. The molecule has 1 aromatic carbocycles. The first-order valence-corrected chi connectivity index (χ1v) is 9.48. The number of benzene rings is 1. The van der Waals surface area contributed by atoms with Gasteiger partial charge < -0.3 is 40.0 Å². The Labute approximate surface area is 178 Å². The van der Waals surface area contributed by atoms with E-state index in [2.05, 4.69) is 5.32 Å². The lowest BCUT2D eigenvalue weighted by atomic mass is 9.97. The number of nitrogens with one attached hydrogen (secondary N) is 1. The smallest absolute Gasteiger partial charge is 0.335 e. The van der Waals surface area contributed by atoms with Crippen LogP contribution in [0.1, 0.15) is 33.3 Å². The van der Waals surface area contributed by atoms with Gasteiger partial charge in [0, 0.05) is 6.92 Å². The minimum atomic E-state index is -1.86. The lowest BCUT2D eigenvalue weighted by molar-refractivity contribution is -0.271. The maximum atomic E-state index is 12.0. The largest absolute Gasteiger partial charge is 0.479 e. The molecule has 1 heterocycles. The van der Waals surface area contributed by atoms with E-state index in [1.807, 2.05) is 0 Å². The van der Waals surface area contributed by atoms with Gasteiger partial charge in [-0.3, -0.25) is 9.59 Å². The van der Waals surface area contributed by atoms with Crippen molar-refractivity contribution in [2.24, 2.45) is 5.41 Å². The van der Waals surface area contributed by atoms with E-state index >= 15 is 0 Å². The molecule has 0 aromatic heterocycles. The number of aliphatic hydroxyl groups excluding tert-OH is 3. The zero-order valence-electron chi connectivity index (χ0n) is 17.6. The molecule has 1 aliphatic rings. The van der Waals surface area contributed by atoms with Crippen molar-refractivity contribution < 1.29 is 49.0 Å². The summed E-state index contributed by atoms with van der Waals surface area (Å²) in [6, 6.07) is 4.41. The summed E-state index contributed by atoms with van der Waals surface area (Å²) < 4.78 is 15.8. The van der Waals surface area contributed by atoms with Gasteiger partial charge in [0.25, 0.3) is 0 Å². The summed E-state index contributed by atoms with van der Waals surface area (Å²) in [6.45, 7) is 6.31. The Hall–Kier alpha value is -2.73. The van der Waals surface area contributed by atoms with Gasteiger partial charge in [-0.2, -0.15) is 0 Å². The van der Waals surface area contributed by atoms with E-state index in [1.165, 1.54) is 25.1 Å². The molecule has 0 saturated carbocycles. The molecule has 1 aliphatic heterocycles. The van der Waals surface area contributed by atoms with Crippen LogP contribution < -0.4 is 10.1 Å². The normalized spacial score (nSPS) is 26.1. The van der Waals surface area contributed by atoms with Crippen molar-refractivity contribution in [2.45, 2.75) is 65.0 Å². The van der Waals surface area contributed by atoms with E-state index in [4.69, 9.17) is 19.3 Å². The first kappa shape index (κ1) is 24.5. The minimum Gasteiger partial charge on any atom is -0.479 e. The lowest BCUT2D eigenvalue weighted by Crippen LogP contribution is -2.61. The number of aliphatic carboxylic acids is 1. The highest BCUT2D eigenvalue weighted by Crippen LogP contribution is 2.31. The summed E-state index contributed by atoms with van der Waals surface area (Å²) in [6.07, 6.45) is -8.93. The van der Waals surface area contributed by atoms with Crippen LogP contribution >= 0.6 is 0 Å². The molecule has 11 nitrogen and oxygen atoms in total. The number of hydrogen-bond donors (Lipinski definition) is 5. The number of rotatable bonds is 6. The maximum absolute atomic E-state index is 12.0. The van der Waals surface area contributed by atoms with E-state index in [-0.39, 0.29) is 18.0 Å². The van der Waals surface area contributed by atoms with Gasteiger partial charge in [0.2, 0.25) is 12.2 Å². The van der Waals surface area contributed by atoms with E-state index in [1.54, 1.807) is 20.8 Å². The summed E-state index contributed by atoms with van der Waals surface area (Å²) in [5.74, 6) is -2.42. The molecule has 0 aliphatic carbocycles. The van der Waals surface area contributed by atoms with Crippen molar-refractivity contribution in [3.63, 3.8) is 0 Å². The van der Waals surface area contributed by atoms with Gasteiger partial charge in [0.15, 0.2) is 6.10 Å². The summed E-state index contributed by atoms with van der Waals surface area (Å²) in [5, 5.41) is 41.5. The molecule has 172 valence electrons. The third-order valence-corrected chi connectivity index (χ3v) is 4.39. The van der Waals surface area contributed by atoms with Gasteiger partial charge in [-0.25, -0.2) is 4.79 Å². The van der Waals surface area contributed by atoms with Crippen LogP contribution in [0.3, 0.4) is 0 Å². The zero-order valence-corrected chi connectivity index (χ0v) is 17.6. The molecule has 1 fully saturated rings. The van der Waals surface area contributed by atoms with Gasteiger partial charge in [0.1, 0.15) is 30.7 Å². The number of carbonyl (C=O) groups is 3. The second-order valence-electron chi connectivity index (χ2n) is 8.19. The van der Waals surface area contributed by atoms with Gasteiger partial charge in [-0.15, -0.1) is 0 Å². The van der Waals surface area contributed by atoms with Crippen molar-refractivity contribution >= 4 is 23.5 Å². The van der Waals surface area contributed by atoms with Crippen LogP contribution in [0.15, 0.2) is 18.2 Å². The Balaban J connectivity index is 2.23. The Morgan fingerprint density at radius 1 is 1.10 bits per heavy atom. The molecule has 5 atom stereocenters. The van der Waals surface area contributed by atoms with Crippen molar-refractivity contribution in [1.29, 1.82) is 0 Å². The number of carbonyl (C=O) groups excluding carboxylic acids is 2. The molecule has 0 unspecified atom stereocenters. The van der Waals surface area contributed by atoms with Crippen LogP contribution in [0.25, 0.3) is 0 Å². The molecule has 1 saturated heterocycles. The first-order valence-electron chi connectivity index (χ1n) is 9.48. The Bertz CT molecular complexity index is 834. The monoisotopic (exact) mass is 441 g/mol. The Kier molecular flexibility index (Phi) is 7.60. The summed E-state index contributed by atoms with van der Waals surface area (Å²) >= 11 is 0. The third-order valence-electron chi connectivity index (χ3n) is 4.39. The van der Waals surface area contributed by atoms with Gasteiger partial charge >= 0.3 is 11.9 Å². The van der Waals surface area contributed by atoms with Crippen molar-refractivity contribution in [2.75, 3.05) is 5.32 Å². The number of aliphatic hydroxyl groups is 3. The van der Waals surface area contributed by atoms with E-state index < -0.39 is 54.0 Å². The molecule has 5 N–H and O–H groups in total. The Morgan fingerprint density at radius 2 is 1.74 bits per heavy atom. The fourth-order valence-corrected chi connectivity index (χ4v) is 2.70. The number of amides is 1. The van der Waals surface area contributed by atoms with Crippen LogP contribution in [0.5, 0.6) is 5.75 Å². The van der Waals surface area contributed by atoms with Crippen molar-refractivity contribution in [3.05, 3.63) is 23.8 Å². The van der Waals surface area contributed by atoms with Gasteiger partial charge in [-0.05, 0) is 38.5 Å². The van der Waals surface area contributed by atoms with Gasteiger partial charge in [0.05, 0.1) is 11.1 Å². The van der Waals surface area contributed by atoms with Crippen molar-refractivity contribution in [3.8, 4) is 5.75 Å². The average Bonchev–Trinajstić information content (AvgIpc) is 2.66. The summed E-state index contributed by atoms with van der Waals surface area (Å²) in [4.78, 5) is 34.8. The maximum Gasteiger partial charge on any atom is 0.335 e. The second kappa shape index (κ2) is 9.60. The van der Waals surface area contributed by atoms with Crippen LogP contribution in [0, 0.1) is 5.41 Å². The number of carboxylic acid groups (broad SMARTS) is 1. The number of ether oxygens (including phenoxy) is 3. The Morgan fingerprint density at radius 3 is 2.29 bits per heavy atom. The molecule has 0 bridgehead atoms. The summed E-state index contributed by atoms with van der Waals surface area (Å²) in [7, 11) is 0. The molecular weight excluding hydrogens is 414 g/mol. The molecule has 11 heteroatoms. The van der Waals surface area contributed by atoms with Gasteiger partial charge in [-0.1, -0.05) is 6.07 Å². The van der Waals surface area contributed by atoms with Crippen LogP contribution in [-0.4, -0.2) is 69.0 Å². The summed E-state index contributed by atoms with van der Waals surface area (Å²) in [5.41, 5.74) is -0.0258. The minimum absolute atomic E-state index is 0.00197. The fourth-order valence-electron chi connectivity index (χ4n) is 2.70. The van der Waals surface area contributed by atoms with Crippen molar-refractivity contribution in [1.82, 2.24) is 0 Å². The number of esters is 1. The van der Waals surface area contributed by atoms with Crippen LogP contribution in [0.2, 0.25) is 0 Å². The SMILES string of the molecule is CC(=O)Nc1cc(COC(=O)C(C)(C)C)ccc1O[C@@H]1O[C@H](C(=O)O)[C@@H](O)[C@H](O)[C@H]1O. The number of anilines is 1. The molecule has 31 heavy (non-hydrogen) atoms. The van der Waals surface area contributed by atoms with E-state index in [0.717, 1.165) is 0 Å². The quantitative estimate of drug-likeness (QED) is 0.379. The second-order valence-corrected chi connectivity index (χ2v) is 8.19. The molecule has 1 aromatic rings. The average molecular weight is 441 g/mol. The molecule has 2 rings (SSSR count). The lowest BCUT2D eigenvalue weighted by Gasteiger charge is -2.38. The van der Waals surface area contributed by atoms with Crippen LogP contribution in [0.4, 0.5) is 5.69 Å². The highest BCUT2D eigenvalue weighted by Gasteiger charge is 2.48. The van der Waals surface area contributed by atoms with E-state index in [0.29, 0.717) is 5.56 Å². The molecule has 0 radical (unpaired) electrons. The highest BCUT2D eigenvalue weighted by molar-refractivity contribution is 5.90. The zero-order chi connectivity index (χ0) is 23.5.